The van der Waals surface area contributed by atoms with Crippen LogP contribution in [-0.2, 0) is 19.1 Å². The number of amides is 2. The quantitative estimate of drug-likeness (QED) is 0.256. The van der Waals surface area contributed by atoms with Gasteiger partial charge in [-0.05, 0) is 39.0 Å². The van der Waals surface area contributed by atoms with Crippen LogP contribution < -0.4 is 0 Å². The number of ether oxygens (including phenoxy) is 1. The van der Waals surface area contributed by atoms with E-state index in [4.69, 9.17) is 4.74 Å². The van der Waals surface area contributed by atoms with E-state index in [1.165, 1.54) is 0 Å². The molecule has 3 heterocycles. The van der Waals surface area contributed by atoms with E-state index in [0.717, 1.165) is 12.8 Å². The van der Waals surface area contributed by atoms with E-state index in [1.807, 2.05) is 27.7 Å². The number of hydrogen-bond acceptors (Lipinski definition) is 6. The Morgan fingerprint density at radius 2 is 2.03 bits per heavy atom. The zero-order valence-corrected chi connectivity index (χ0v) is 21.8. The predicted molar refractivity (Wildman–Crippen MR) is 134 cm³/mol. The lowest BCUT2D eigenvalue weighted by atomic mass is 9.71. The van der Waals surface area contributed by atoms with Gasteiger partial charge in [-0.25, -0.2) is 0 Å². The maximum Gasteiger partial charge on any atom is 0.310 e. The summed E-state index contributed by atoms with van der Waals surface area (Å²) in [5.74, 6) is -1.85. The summed E-state index contributed by atoms with van der Waals surface area (Å²) in [7, 11) is 0. The number of carbonyl (C=O) groups excluding carboxylic acids is 3. The largest absolute Gasteiger partial charge is 0.465 e. The van der Waals surface area contributed by atoms with E-state index in [1.54, 1.807) is 33.7 Å². The van der Waals surface area contributed by atoms with Gasteiger partial charge in [0.25, 0.3) is 0 Å². The summed E-state index contributed by atoms with van der Waals surface area (Å²) in [5, 5.41) is 10.3. The molecule has 3 saturated heterocycles. The van der Waals surface area contributed by atoms with E-state index in [9.17, 15) is 19.5 Å². The van der Waals surface area contributed by atoms with Gasteiger partial charge in [-0.2, -0.15) is 0 Å². The van der Waals surface area contributed by atoms with Gasteiger partial charge >= 0.3 is 5.97 Å². The molecule has 0 aromatic carbocycles. The molecule has 0 radical (unpaired) electrons. The fourth-order valence-electron chi connectivity index (χ4n) is 6.00. The SMILES string of the molecule is C=CCCOC(=O)[C@@H]1[C@H]2C(=O)N([C@@H](CO)[C@@H](C)CC)C(C(=O)N(CC=C)C(C)C)C23CC[C@H]1S3. The third-order valence-electron chi connectivity index (χ3n) is 7.89. The highest BCUT2D eigenvalue weighted by atomic mass is 32.2. The minimum absolute atomic E-state index is 0.00609. The van der Waals surface area contributed by atoms with Crippen molar-refractivity contribution in [1.29, 1.82) is 0 Å². The van der Waals surface area contributed by atoms with Crippen molar-refractivity contribution in [3.8, 4) is 0 Å². The number of hydrogen-bond donors (Lipinski definition) is 1. The van der Waals surface area contributed by atoms with Crippen molar-refractivity contribution in [3.63, 3.8) is 0 Å². The van der Waals surface area contributed by atoms with Gasteiger partial charge < -0.3 is 19.6 Å². The third kappa shape index (κ3) is 4.32. The Balaban J connectivity index is 2.07. The Labute approximate surface area is 208 Å². The summed E-state index contributed by atoms with van der Waals surface area (Å²) in [4.78, 5) is 44.8. The van der Waals surface area contributed by atoms with Gasteiger partial charge in [-0.3, -0.25) is 14.4 Å². The first-order valence-corrected chi connectivity index (χ1v) is 13.4. The second-order valence-electron chi connectivity index (χ2n) is 10.1. The molecule has 3 rings (SSSR count). The Morgan fingerprint density at radius 1 is 1.32 bits per heavy atom. The third-order valence-corrected chi connectivity index (χ3v) is 9.84. The molecule has 0 aromatic heterocycles. The van der Waals surface area contributed by atoms with Crippen LogP contribution in [0, 0.1) is 17.8 Å². The number of fused-ring (bicyclic) bond motifs is 1. The van der Waals surface area contributed by atoms with Crippen molar-refractivity contribution < 1.29 is 24.2 Å². The summed E-state index contributed by atoms with van der Waals surface area (Å²) in [6, 6.07) is -1.28. The van der Waals surface area contributed by atoms with Crippen LogP contribution >= 0.6 is 11.8 Å². The molecule has 34 heavy (non-hydrogen) atoms. The lowest BCUT2D eigenvalue weighted by Gasteiger charge is -2.42. The molecule has 1 spiro atoms. The summed E-state index contributed by atoms with van der Waals surface area (Å²) < 4.78 is 4.85. The second kappa shape index (κ2) is 10.9. The van der Waals surface area contributed by atoms with Crippen molar-refractivity contribution in [2.75, 3.05) is 19.8 Å². The summed E-state index contributed by atoms with van der Waals surface area (Å²) in [5.41, 5.74) is 0. The van der Waals surface area contributed by atoms with Gasteiger partial charge in [-0.1, -0.05) is 32.4 Å². The molecule has 2 amide bonds. The van der Waals surface area contributed by atoms with Crippen LogP contribution in [0.15, 0.2) is 25.3 Å². The Morgan fingerprint density at radius 3 is 2.59 bits per heavy atom. The molecule has 7 atom stereocenters. The van der Waals surface area contributed by atoms with Crippen molar-refractivity contribution in [3.05, 3.63) is 25.3 Å². The number of likely N-dealkylation sites (tertiary alicyclic amines) is 1. The Hall–Kier alpha value is -1.80. The first-order chi connectivity index (χ1) is 16.2. The Kier molecular flexibility index (Phi) is 8.56. The molecule has 190 valence electrons. The van der Waals surface area contributed by atoms with Gasteiger partial charge in [-0.15, -0.1) is 24.9 Å². The molecule has 0 saturated carbocycles. The van der Waals surface area contributed by atoms with Gasteiger partial charge in [0.1, 0.15) is 6.04 Å². The number of aliphatic hydroxyl groups is 1. The van der Waals surface area contributed by atoms with Crippen LogP contribution in [0.5, 0.6) is 0 Å². The van der Waals surface area contributed by atoms with Crippen LogP contribution in [-0.4, -0.2) is 80.6 Å². The maximum absolute atomic E-state index is 14.1. The number of thioether (sulfide) groups is 1. The first-order valence-electron chi connectivity index (χ1n) is 12.5. The second-order valence-corrected chi connectivity index (χ2v) is 11.7. The van der Waals surface area contributed by atoms with Crippen molar-refractivity contribution in [1.82, 2.24) is 9.80 Å². The van der Waals surface area contributed by atoms with Crippen LogP contribution in [0.3, 0.4) is 0 Å². The molecule has 0 aromatic rings. The molecule has 3 aliphatic heterocycles. The molecular formula is C26H40N2O5S. The highest BCUT2D eigenvalue weighted by molar-refractivity contribution is 8.02. The highest BCUT2D eigenvalue weighted by Crippen LogP contribution is 2.67. The predicted octanol–water partition coefficient (Wildman–Crippen LogP) is 3.03. The van der Waals surface area contributed by atoms with Crippen LogP contribution in [0.4, 0.5) is 0 Å². The molecule has 2 unspecified atom stereocenters. The smallest absolute Gasteiger partial charge is 0.310 e. The van der Waals surface area contributed by atoms with E-state index in [-0.39, 0.29) is 48.2 Å². The molecule has 1 N–H and O–H groups in total. The molecular weight excluding hydrogens is 452 g/mol. The summed E-state index contributed by atoms with van der Waals surface area (Å²) >= 11 is 1.63. The molecule has 7 nitrogen and oxygen atoms in total. The van der Waals surface area contributed by atoms with Crippen molar-refractivity contribution >= 4 is 29.5 Å². The monoisotopic (exact) mass is 492 g/mol. The number of aliphatic hydroxyl groups excluding tert-OH is 1. The molecule has 3 aliphatic rings. The molecule has 2 bridgehead atoms. The normalized spacial score (nSPS) is 31.4. The summed E-state index contributed by atoms with van der Waals surface area (Å²) in [6.07, 6.45) is 6.17. The molecule has 0 aliphatic carbocycles. The Bertz CT molecular complexity index is 817. The van der Waals surface area contributed by atoms with E-state index < -0.39 is 28.7 Å². The fraction of sp³-hybridized carbons (Fsp3) is 0.731. The minimum atomic E-state index is -0.723. The van der Waals surface area contributed by atoms with Crippen molar-refractivity contribution in [2.24, 2.45) is 17.8 Å². The topological polar surface area (TPSA) is 87.1 Å². The van der Waals surface area contributed by atoms with E-state index >= 15 is 0 Å². The minimum Gasteiger partial charge on any atom is -0.465 e. The van der Waals surface area contributed by atoms with E-state index in [2.05, 4.69) is 13.2 Å². The summed E-state index contributed by atoms with van der Waals surface area (Å²) in [6.45, 7) is 15.8. The lowest BCUT2D eigenvalue weighted by Crippen LogP contribution is -2.59. The van der Waals surface area contributed by atoms with Gasteiger partial charge in [0.2, 0.25) is 11.8 Å². The average Bonchev–Trinajstić information content (AvgIpc) is 3.45. The van der Waals surface area contributed by atoms with Crippen LogP contribution in [0.25, 0.3) is 0 Å². The van der Waals surface area contributed by atoms with Gasteiger partial charge in [0.15, 0.2) is 0 Å². The number of carbonyl (C=O) groups is 3. The standard InChI is InChI=1S/C26H40N2O5S/c1-7-10-14-33-25(32)20-19-11-12-26(34-19)21(20)23(30)28(18(15-29)17(6)9-3)22(26)24(31)27(13-8-2)16(4)5/h7-8,16-22,29H,1-2,9-15H2,3-6H3/t17-,18-,19+,20-,21-,22?,26?/m0/s1. The van der Waals surface area contributed by atoms with E-state index in [0.29, 0.717) is 19.4 Å². The molecule has 8 heteroatoms. The lowest BCUT2D eigenvalue weighted by molar-refractivity contribution is -0.154. The number of rotatable bonds is 12. The van der Waals surface area contributed by atoms with Gasteiger partial charge in [0, 0.05) is 17.8 Å². The van der Waals surface area contributed by atoms with Crippen LogP contribution in [0.2, 0.25) is 0 Å². The van der Waals surface area contributed by atoms with Gasteiger partial charge in [0.05, 0.1) is 35.8 Å². The van der Waals surface area contributed by atoms with Crippen molar-refractivity contribution in [2.45, 2.75) is 81.5 Å². The fourth-order valence-corrected chi connectivity index (χ4v) is 8.19. The van der Waals surface area contributed by atoms with Crippen LogP contribution in [0.1, 0.15) is 53.4 Å². The number of esters is 1. The average molecular weight is 493 g/mol. The molecule has 3 fully saturated rings. The highest BCUT2D eigenvalue weighted by Gasteiger charge is 2.75. The first kappa shape index (κ1) is 26.8. The zero-order valence-electron chi connectivity index (χ0n) is 20.9. The zero-order chi connectivity index (χ0) is 25.2. The maximum atomic E-state index is 14.1. The number of nitrogens with zero attached hydrogens (tertiary/aromatic N) is 2.